The number of ether oxygens (including phenoxy) is 1. The first-order chi connectivity index (χ1) is 15.3. The topological polar surface area (TPSA) is 66.8 Å². The number of carboxylic acids is 1. The van der Waals surface area contributed by atoms with Crippen LogP contribution in [0.2, 0.25) is 0 Å². The van der Waals surface area contributed by atoms with E-state index in [0.717, 1.165) is 53.7 Å². The minimum atomic E-state index is -0.798. The monoisotopic (exact) mass is 439 g/mol. The van der Waals surface area contributed by atoms with Crippen molar-refractivity contribution in [3.63, 3.8) is 0 Å². The molecule has 2 rings (SSSR count). The zero-order valence-corrected chi connectivity index (χ0v) is 19.9. The van der Waals surface area contributed by atoms with Gasteiger partial charge in [0, 0.05) is 25.6 Å². The van der Waals surface area contributed by atoms with E-state index < -0.39 is 11.9 Å². The van der Waals surface area contributed by atoms with Gasteiger partial charge in [-0.2, -0.15) is 0 Å². The minimum absolute atomic E-state index is 0.165. The lowest BCUT2D eigenvalue weighted by Crippen LogP contribution is -2.25. The van der Waals surface area contributed by atoms with Crippen LogP contribution in [0.4, 0.5) is 0 Å². The molecule has 0 bridgehead atoms. The van der Waals surface area contributed by atoms with Gasteiger partial charge in [-0.15, -0.1) is 0 Å². The van der Waals surface area contributed by atoms with Gasteiger partial charge in [0.1, 0.15) is 5.75 Å². The maximum atomic E-state index is 12.3. The molecule has 2 aromatic rings. The Balaban J connectivity index is 2.27. The second-order valence-electron chi connectivity index (χ2n) is 8.53. The van der Waals surface area contributed by atoms with Crippen LogP contribution in [0.1, 0.15) is 64.0 Å². The highest BCUT2D eigenvalue weighted by Crippen LogP contribution is 2.33. The largest absolute Gasteiger partial charge is 0.493 e. The molecule has 0 radical (unpaired) electrons. The fraction of sp³-hybridized carbons (Fsp3) is 0.481. The third-order valence-electron chi connectivity index (χ3n) is 5.59. The van der Waals surface area contributed by atoms with Crippen molar-refractivity contribution in [1.82, 2.24) is 4.90 Å². The Hall–Kier alpha value is -2.82. The average molecular weight is 440 g/mol. The molecule has 5 heteroatoms. The van der Waals surface area contributed by atoms with Crippen molar-refractivity contribution in [1.29, 1.82) is 0 Å². The van der Waals surface area contributed by atoms with Crippen LogP contribution < -0.4 is 4.74 Å². The summed E-state index contributed by atoms with van der Waals surface area (Å²) in [7, 11) is 1.85. The maximum absolute atomic E-state index is 12.3. The predicted octanol–water partition coefficient (Wildman–Crippen LogP) is 5.94. The van der Waals surface area contributed by atoms with E-state index in [1.807, 2.05) is 43.4 Å². The summed E-state index contributed by atoms with van der Waals surface area (Å²) in [6, 6.07) is 14.2. The predicted molar refractivity (Wildman–Crippen MR) is 129 cm³/mol. The number of unbranched alkanes of at least 4 members (excludes halogenated alkanes) is 2. The number of nitrogens with zero attached hydrogens (tertiary/aromatic N) is 1. The number of rotatable bonds is 13. The van der Waals surface area contributed by atoms with Crippen molar-refractivity contribution in [2.24, 2.45) is 5.92 Å². The van der Waals surface area contributed by atoms with Crippen LogP contribution in [-0.2, 0) is 22.6 Å². The van der Waals surface area contributed by atoms with E-state index in [9.17, 15) is 14.7 Å². The van der Waals surface area contributed by atoms with Crippen LogP contribution >= 0.6 is 0 Å². The fourth-order valence-electron chi connectivity index (χ4n) is 3.54. The molecule has 0 fully saturated rings. The molecular weight excluding hydrogens is 402 g/mol. The van der Waals surface area contributed by atoms with Crippen LogP contribution in [0.5, 0.6) is 5.75 Å². The van der Waals surface area contributed by atoms with Gasteiger partial charge in [-0.05, 0) is 48.1 Å². The van der Waals surface area contributed by atoms with Crippen LogP contribution in [0.3, 0.4) is 0 Å². The van der Waals surface area contributed by atoms with Gasteiger partial charge < -0.3 is 14.7 Å². The number of carboxylic acid groups (broad SMARTS) is 1. The lowest BCUT2D eigenvalue weighted by molar-refractivity contribution is -0.141. The molecule has 0 spiro atoms. The molecule has 0 aliphatic rings. The molecule has 0 aliphatic heterocycles. The Labute approximate surface area is 192 Å². The van der Waals surface area contributed by atoms with E-state index in [4.69, 9.17) is 4.74 Å². The van der Waals surface area contributed by atoms with E-state index in [1.54, 1.807) is 11.8 Å². The zero-order chi connectivity index (χ0) is 23.5. The average Bonchev–Trinajstić information content (AvgIpc) is 2.77. The van der Waals surface area contributed by atoms with Gasteiger partial charge in [-0.1, -0.05) is 63.9 Å². The first-order valence-corrected chi connectivity index (χ1v) is 11.7. The Kier molecular flexibility index (Phi) is 10.3. The summed E-state index contributed by atoms with van der Waals surface area (Å²) in [6.07, 6.45) is 4.97. The van der Waals surface area contributed by atoms with E-state index in [0.29, 0.717) is 26.0 Å². The number of carbonyl (C=O) groups is 2. The lowest BCUT2D eigenvalue weighted by atomic mass is 9.96. The second-order valence-corrected chi connectivity index (χ2v) is 8.53. The van der Waals surface area contributed by atoms with E-state index >= 15 is 0 Å². The molecule has 0 saturated heterocycles. The van der Waals surface area contributed by atoms with Gasteiger partial charge in [-0.3, -0.25) is 9.59 Å². The standard InChI is InChI=1S/C27H37NO4/c1-5-7-12-26(29)28(4)19-22-10-9-11-23(17-22)24-14-13-21(16-20(3)27(30)31)18-25(24)32-15-8-6-2/h9-11,13-14,17-18,20H,5-8,12,15-16,19H2,1-4H3,(H,30,31). The molecule has 0 aliphatic carbocycles. The number of carbonyl (C=O) groups excluding carboxylic acids is 1. The van der Waals surface area contributed by atoms with Gasteiger partial charge in [0.15, 0.2) is 0 Å². The molecule has 0 aromatic heterocycles. The van der Waals surface area contributed by atoms with Crippen LogP contribution in [-0.4, -0.2) is 35.5 Å². The van der Waals surface area contributed by atoms with Crippen molar-refractivity contribution in [2.45, 2.75) is 65.8 Å². The number of hydrogen-bond acceptors (Lipinski definition) is 3. The molecule has 1 N–H and O–H groups in total. The van der Waals surface area contributed by atoms with E-state index in [1.165, 1.54) is 0 Å². The van der Waals surface area contributed by atoms with E-state index in [-0.39, 0.29) is 5.91 Å². The fourth-order valence-corrected chi connectivity index (χ4v) is 3.54. The minimum Gasteiger partial charge on any atom is -0.493 e. The summed E-state index contributed by atoms with van der Waals surface area (Å²) in [5, 5.41) is 9.25. The molecule has 0 heterocycles. The molecule has 1 unspecified atom stereocenters. The van der Waals surface area contributed by atoms with Crippen molar-refractivity contribution < 1.29 is 19.4 Å². The van der Waals surface area contributed by atoms with E-state index in [2.05, 4.69) is 19.9 Å². The SMILES string of the molecule is CCCCOc1cc(CC(C)C(=O)O)ccc1-c1cccc(CN(C)C(=O)CCCC)c1. The van der Waals surface area contributed by atoms with Crippen molar-refractivity contribution in [3.05, 3.63) is 53.6 Å². The Morgan fingerprint density at radius 1 is 1.03 bits per heavy atom. The summed E-state index contributed by atoms with van der Waals surface area (Å²) < 4.78 is 6.11. The molecule has 2 aromatic carbocycles. The van der Waals surface area contributed by atoms with Crippen molar-refractivity contribution in [2.75, 3.05) is 13.7 Å². The second kappa shape index (κ2) is 12.9. The first kappa shape index (κ1) is 25.4. The van der Waals surface area contributed by atoms with Crippen LogP contribution in [0, 0.1) is 5.92 Å². The smallest absolute Gasteiger partial charge is 0.306 e. The summed E-state index contributed by atoms with van der Waals surface area (Å²) in [5.41, 5.74) is 4.03. The first-order valence-electron chi connectivity index (χ1n) is 11.7. The number of benzene rings is 2. The molecular formula is C27H37NO4. The third-order valence-corrected chi connectivity index (χ3v) is 5.59. The molecule has 174 valence electrons. The maximum Gasteiger partial charge on any atom is 0.306 e. The highest BCUT2D eigenvalue weighted by Gasteiger charge is 2.15. The normalized spacial score (nSPS) is 11.8. The number of amides is 1. The van der Waals surface area contributed by atoms with Gasteiger partial charge in [-0.25, -0.2) is 0 Å². The zero-order valence-electron chi connectivity index (χ0n) is 19.9. The molecule has 1 atom stereocenters. The number of hydrogen-bond donors (Lipinski definition) is 1. The summed E-state index contributed by atoms with van der Waals surface area (Å²) >= 11 is 0. The Morgan fingerprint density at radius 2 is 1.78 bits per heavy atom. The third kappa shape index (κ3) is 7.70. The van der Waals surface area contributed by atoms with Crippen LogP contribution in [0.25, 0.3) is 11.1 Å². The highest BCUT2D eigenvalue weighted by atomic mass is 16.5. The Morgan fingerprint density at radius 3 is 2.47 bits per heavy atom. The molecule has 0 saturated carbocycles. The molecule has 32 heavy (non-hydrogen) atoms. The molecule has 1 amide bonds. The quantitative estimate of drug-likeness (QED) is 0.392. The van der Waals surface area contributed by atoms with Gasteiger partial charge in [0.2, 0.25) is 5.91 Å². The summed E-state index contributed by atoms with van der Waals surface area (Å²) in [6.45, 7) is 7.11. The van der Waals surface area contributed by atoms with Gasteiger partial charge in [0.25, 0.3) is 0 Å². The Bertz CT molecular complexity index is 893. The summed E-state index contributed by atoms with van der Waals surface area (Å²) in [4.78, 5) is 25.3. The van der Waals surface area contributed by atoms with Crippen molar-refractivity contribution >= 4 is 11.9 Å². The van der Waals surface area contributed by atoms with Gasteiger partial charge in [0.05, 0.1) is 12.5 Å². The van der Waals surface area contributed by atoms with Crippen LogP contribution in [0.15, 0.2) is 42.5 Å². The summed E-state index contributed by atoms with van der Waals surface area (Å²) in [5.74, 6) is -0.308. The number of aliphatic carboxylic acids is 1. The van der Waals surface area contributed by atoms with Crippen molar-refractivity contribution in [3.8, 4) is 16.9 Å². The highest BCUT2D eigenvalue weighted by molar-refractivity contribution is 5.76. The van der Waals surface area contributed by atoms with Gasteiger partial charge >= 0.3 is 5.97 Å². The molecule has 5 nitrogen and oxygen atoms in total. The lowest BCUT2D eigenvalue weighted by Gasteiger charge is -2.18.